The predicted molar refractivity (Wildman–Crippen MR) is 129 cm³/mol. The molecule has 0 radical (unpaired) electrons. The molecule has 1 fully saturated rings. The Hall–Kier alpha value is -3.77. The third-order valence-corrected chi connectivity index (χ3v) is 5.88. The quantitative estimate of drug-likeness (QED) is 0.473. The molecule has 0 bridgehead atoms. The van der Waals surface area contributed by atoms with Crippen molar-refractivity contribution in [1.82, 2.24) is 9.88 Å². The second kappa shape index (κ2) is 8.77. The smallest absolute Gasteiger partial charge is 0.255 e. The second-order valence-corrected chi connectivity index (χ2v) is 8.12. The number of para-hydroxylation sites is 1. The van der Waals surface area contributed by atoms with E-state index < -0.39 is 0 Å². The van der Waals surface area contributed by atoms with Crippen molar-refractivity contribution < 1.29 is 9.53 Å². The summed E-state index contributed by atoms with van der Waals surface area (Å²) in [4.78, 5) is 20.7. The highest BCUT2D eigenvalue weighted by Crippen LogP contribution is 2.29. The number of piperazine rings is 1. The first kappa shape index (κ1) is 20.2. The molecule has 1 saturated heterocycles. The van der Waals surface area contributed by atoms with Gasteiger partial charge in [-0.3, -0.25) is 4.79 Å². The number of fused-ring (bicyclic) bond motifs is 1. The van der Waals surface area contributed by atoms with Crippen molar-refractivity contribution in [2.45, 2.75) is 0 Å². The Morgan fingerprint density at radius 1 is 0.906 bits per heavy atom. The van der Waals surface area contributed by atoms with Gasteiger partial charge in [0.15, 0.2) is 0 Å². The first-order chi connectivity index (χ1) is 15.7. The molecule has 1 amide bonds. The van der Waals surface area contributed by atoms with E-state index in [1.165, 1.54) is 0 Å². The van der Waals surface area contributed by atoms with Crippen LogP contribution in [0.25, 0.3) is 10.9 Å². The Bertz CT molecular complexity index is 1210. The highest BCUT2D eigenvalue weighted by molar-refractivity contribution is 6.09. The first-order valence-electron chi connectivity index (χ1n) is 10.8. The minimum absolute atomic E-state index is 0.125. The van der Waals surface area contributed by atoms with E-state index in [9.17, 15) is 4.79 Å². The summed E-state index contributed by atoms with van der Waals surface area (Å²) in [7, 11) is 2.15. The summed E-state index contributed by atoms with van der Waals surface area (Å²) in [6.07, 6.45) is 1.81. The molecule has 4 aromatic rings. The molecule has 2 N–H and O–H groups in total. The molecule has 0 atom stereocenters. The number of amides is 1. The molecular formula is C26H26N4O2. The summed E-state index contributed by atoms with van der Waals surface area (Å²) in [5.74, 6) is 1.40. The van der Waals surface area contributed by atoms with Crippen LogP contribution in [0.5, 0.6) is 11.5 Å². The molecule has 0 aliphatic carbocycles. The number of ether oxygens (including phenoxy) is 1. The van der Waals surface area contributed by atoms with Gasteiger partial charge in [-0.1, -0.05) is 18.2 Å². The maximum atomic E-state index is 12.8. The number of carbonyl (C=O) groups is 1. The van der Waals surface area contributed by atoms with Gasteiger partial charge in [-0.25, -0.2) is 0 Å². The maximum absolute atomic E-state index is 12.8. The SMILES string of the molecule is CN1CCN(c2ccc(C(=O)Nc3c[nH]c4cc(Oc5ccccc5)ccc34)cc2)CC1. The second-order valence-electron chi connectivity index (χ2n) is 8.12. The highest BCUT2D eigenvalue weighted by atomic mass is 16.5. The Balaban J connectivity index is 1.27. The fourth-order valence-electron chi connectivity index (χ4n) is 3.98. The van der Waals surface area contributed by atoms with Crippen LogP contribution in [0.2, 0.25) is 0 Å². The van der Waals surface area contributed by atoms with Gasteiger partial charge in [0, 0.05) is 55.1 Å². The van der Waals surface area contributed by atoms with Crippen LogP contribution < -0.4 is 15.0 Å². The molecule has 3 aromatic carbocycles. The summed E-state index contributed by atoms with van der Waals surface area (Å²) >= 11 is 0. The molecule has 1 aliphatic rings. The van der Waals surface area contributed by atoms with Crippen LogP contribution in [-0.4, -0.2) is 49.0 Å². The van der Waals surface area contributed by atoms with E-state index in [2.05, 4.69) is 27.1 Å². The van der Waals surface area contributed by atoms with Crippen LogP contribution in [0.4, 0.5) is 11.4 Å². The number of H-pyrrole nitrogens is 1. The van der Waals surface area contributed by atoms with Crippen molar-refractivity contribution in [1.29, 1.82) is 0 Å². The molecular weight excluding hydrogens is 400 g/mol. The van der Waals surface area contributed by atoms with E-state index in [1.807, 2.05) is 79.0 Å². The normalized spacial score (nSPS) is 14.5. The predicted octanol–water partition coefficient (Wildman–Crippen LogP) is 4.96. The van der Waals surface area contributed by atoms with E-state index in [-0.39, 0.29) is 5.91 Å². The van der Waals surface area contributed by atoms with Gasteiger partial charge in [0.25, 0.3) is 5.91 Å². The lowest BCUT2D eigenvalue weighted by molar-refractivity contribution is 0.102. The summed E-state index contributed by atoms with van der Waals surface area (Å²) in [6, 6.07) is 23.3. The zero-order valence-electron chi connectivity index (χ0n) is 18.0. The van der Waals surface area contributed by atoms with Crippen LogP contribution in [0, 0.1) is 0 Å². The lowest BCUT2D eigenvalue weighted by Gasteiger charge is -2.34. The molecule has 6 nitrogen and oxygen atoms in total. The monoisotopic (exact) mass is 426 g/mol. The summed E-state index contributed by atoms with van der Waals surface area (Å²) in [6.45, 7) is 4.13. The van der Waals surface area contributed by atoms with Gasteiger partial charge < -0.3 is 24.8 Å². The molecule has 1 aliphatic heterocycles. The van der Waals surface area contributed by atoms with Gasteiger partial charge in [-0.05, 0) is 55.6 Å². The van der Waals surface area contributed by atoms with Crippen molar-refractivity contribution in [2.75, 3.05) is 43.4 Å². The summed E-state index contributed by atoms with van der Waals surface area (Å²) in [5.41, 5.74) is 3.45. The van der Waals surface area contributed by atoms with E-state index in [1.54, 1.807) is 0 Å². The molecule has 162 valence electrons. The minimum Gasteiger partial charge on any atom is -0.457 e. The van der Waals surface area contributed by atoms with Crippen molar-refractivity contribution in [3.05, 3.63) is 84.6 Å². The van der Waals surface area contributed by atoms with Crippen molar-refractivity contribution >= 4 is 28.2 Å². The number of hydrogen-bond acceptors (Lipinski definition) is 4. The lowest BCUT2D eigenvalue weighted by atomic mass is 10.1. The number of anilines is 2. The van der Waals surface area contributed by atoms with E-state index in [4.69, 9.17) is 4.74 Å². The van der Waals surface area contributed by atoms with Gasteiger partial charge >= 0.3 is 0 Å². The maximum Gasteiger partial charge on any atom is 0.255 e. The van der Waals surface area contributed by atoms with Crippen LogP contribution >= 0.6 is 0 Å². The Morgan fingerprint density at radius 2 is 1.66 bits per heavy atom. The van der Waals surface area contributed by atoms with Gasteiger partial charge in [-0.2, -0.15) is 0 Å². The van der Waals surface area contributed by atoms with E-state index in [0.717, 1.165) is 60.0 Å². The number of nitrogens with zero attached hydrogens (tertiary/aromatic N) is 2. The van der Waals surface area contributed by atoms with Gasteiger partial charge in [0.05, 0.1) is 11.2 Å². The fraction of sp³-hybridized carbons (Fsp3) is 0.192. The fourth-order valence-corrected chi connectivity index (χ4v) is 3.98. The number of rotatable bonds is 5. The van der Waals surface area contributed by atoms with E-state index in [0.29, 0.717) is 5.56 Å². The topological polar surface area (TPSA) is 60.6 Å². The van der Waals surface area contributed by atoms with Crippen molar-refractivity contribution in [3.8, 4) is 11.5 Å². The largest absolute Gasteiger partial charge is 0.457 e. The Labute approximate surface area is 187 Å². The average Bonchev–Trinajstić information content (AvgIpc) is 3.22. The number of hydrogen-bond donors (Lipinski definition) is 2. The molecule has 0 saturated carbocycles. The van der Waals surface area contributed by atoms with Crippen LogP contribution in [0.1, 0.15) is 10.4 Å². The Morgan fingerprint density at radius 3 is 2.41 bits per heavy atom. The Kier molecular flexibility index (Phi) is 5.52. The van der Waals surface area contributed by atoms with Crippen LogP contribution in [0.15, 0.2) is 79.0 Å². The number of benzene rings is 3. The number of aromatic amines is 1. The van der Waals surface area contributed by atoms with Gasteiger partial charge in [-0.15, -0.1) is 0 Å². The molecule has 0 unspecified atom stereocenters. The number of nitrogens with one attached hydrogen (secondary N) is 2. The van der Waals surface area contributed by atoms with E-state index >= 15 is 0 Å². The molecule has 6 heteroatoms. The minimum atomic E-state index is -0.125. The lowest BCUT2D eigenvalue weighted by Crippen LogP contribution is -2.44. The van der Waals surface area contributed by atoms with Crippen LogP contribution in [0.3, 0.4) is 0 Å². The standard InChI is InChI=1S/C26H26N4O2/c1-29-13-15-30(16-14-29)20-9-7-19(8-10-20)26(31)28-25-18-27-24-17-22(11-12-23(24)25)32-21-5-3-2-4-6-21/h2-12,17-18,27H,13-16H2,1H3,(H,28,31). The summed E-state index contributed by atoms with van der Waals surface area (Å²) < 4.78 is 5.90. The van der Waals surface area contributed by atoms with Crippen molar-refractivity contribution in [2.24, 2.45) is 0 Å². The highest BCUT2D eigenvalue weighted by Gasteiger charge is 2.15. The zero-order chi connectivity index (χ0) is 21.9. The van der Waals surface area contributed by atoms with Crippen molar-refractivity contribution in [3.63, 3.8) is 0 Å². The summed E-state index contributed by atoms with van der Waals surface area (Å²) in [5, 5.41) is 3.96. The first-order valence-corrected chi connectivity index (χ1v) is 10.8. The molecule has 5 rings (SSSR count). The number of aromatic nitrogens is 1. The van der Waals surface area contributed by atoms with Gasteiger partial charge in [0.1, 0.15) is 11.5 Å². The molecule has 2 heterocycles. The average molecular weight is 427 g/mol. The van der Waals surface area contributed by atoms with Crippen LogP contribution in [-0.2, 0) is 0 Å². The van der Waals surface area contributed by atoms with Gasteiger partial charge in [0.2, 0.25) is 0 Å². The number of likely N-dealkylation sites (N-methyl/N-ethyl adjacent to an activating group) is 1. The zero-order valence-corrected chi connectivity index (χ0v) is 18.0. The number of carbonyl (C=O) groups excluding carboxylic acids is 1. The molecule has 0 spiro atoms. The molecule has 32 heavy (non-hydrogen) atoms. The third kappa shape index (κ3) is 4.31. The molecule has 1 aromatic heterocycles. The third-order valence-electron chi connectivity index (χ3n) is 5.88.